The molecule has 5 heteroatoms. The van der Waals surface area contributed by atoms with Crippen LogP contribution in [0.5, 0.6) is 0 Å². The van der Waals surface area contributed by atoms with E-state index in [2.05, 4.69) is 21.9 Å². The average Bonchev–Trinajstić information content (AvgIpc) is 2.97. The van der Waals surface area contributed by atoms with Crippen LogP contribution in [0.1, 0.15) is 12.7 Å². The van der Waals surface area contributed by atoms with E-state index in [9.17, 15) is 0 Å². The Morgan fingerprint density at radius 2 is 1.76 bits per heavy atom. The molecule has 1 aliphatic heterocycles. The van der Waals surface area contributed by atoms with E-state index < -0.39 is 0 Å². The van der Waals surface area contributed by atoms with Crippen LogP contribution < -0.4 is 0 Å². The van der Waals surface area contributed by atoms with E-state index >= 15 is 0 Å². The molecule has 0 atom stereocenters. The van der Waals surface area contributed by atoms with Crippen LogP contribution in [0.2, 0.25) is 5.02 Å². The third-order valence-electron chi connectivity index (χ3n) is 3.99. The van der Waals surface area contributed by atoms with Crippen molar-refractivity contribution in [2.75, 3.05) is 32.7 Å². The van der Waals surface area contributed by atoms with Crippen LogP contribution in [-0.2, 0) is 6.54 Å². The summed E-state index contributed by atoms with van der Waals surface area (Å²) in [5, 5.41) is 4.89. The van der Waals surface area contributed by atoms with E-state index in [1.54, 1.807) is 0 Å². The first kappa shape index (κ1) is 14.6. The van der Waals surface area contributed by atoms with Crippen molar-refractivity contribution in [3.8, 4) is 11.3 Å². The van der Waals surface area contributed by atoms with Crippen molar-refractivity contribution in [1.82, 2.24) is 15.0 Å². The summed E-state index contributed by atoms with van der Waals surface area (Å²) >= 11 is 5.90. The lowest BCUT2D eigenvalue weighted by atomic mass is 10.1. The first-order valence-corrected chi connectivity index (χ1v) is 7.78. The minimum atomic E-state index is 0.733. The highest BCUT2D eigenvalue weighted by Gasteiger charge is 2.17. The maximum Gasteiger partial charge on any atom is 0.151 e. The van der Waals surface area contributed by atoms with Gasteiger partial charge in [-0.3, -0.25) is 4.90 Å². The Hall–Kier alpha value is -1.36. The van der Waals surface area contributed by atoms with Gasteiger partial charge in [-0.2, -0.15) is 0 Å². The number of rotatable bonds is 4. The predicted molar refractivity (Wildman–Crippen MR) is 84.3 cm³/mol. The van der Waals surface area contributed by atoms with E-state index in [0.29, 0.717) is 0 Å². The van der Waals surface area contributed by atoms with Gasteiger partial charge in [-0.25, -0.2) is 0 Å². The van der Waals surface area contributed by atoms with E-state index in [1.165, 1.54) is 0 Å². The Balaban J connectivity index is 1.62. The molecule has 112 valence electrons. The van der Waals surface area contributed by atoms with E-state index in [0.717, 1.165) is 61.3 Å². The standard InChI is InChI=1S/C16H20ClN3O/c1-2-19-7-9-20(10-8-19)12-15-11-16(18-21-15)13-3-5-14(17)6-4-13/h3-6,11H,2,7-10,12H2,1H3. The molecule has 21 heavy (non-hydrogen) atoms. The molecule has 0 saturated carbocycles. The summed E-state index contributed by atoms with van der Waals surface area (Å²) in [7, 11) is 0. The van der Waals surface area contributed by atoms with Crippen molar-refractivity contribution in [2.45, 2.75) is 13.5 Å². The summed E-state index contributed by atoms with van der Waals surface area (Å²) in [6.07, 6.45) is 0. The second kappa shape index (κ2) is 6.60. The highest BCUT2D eigenvalue weighted by Crippen LogP contribution is 2.22. The van der Waals surface area contributed by atoms with Crippen LogP contribution in [0.15, 0.2) is 34.9 Å². The van der Waals surface area contributed by atoms with Crippen molar-refractivity contribution < 1.29 is 4.52 Å². The van der Waals surface area contributed by atoms with Gasteiger partial charge in [0.15, 0.2) is 5.76 Å². The molecule has 1 aliphatic rings. The SMILES string of the molecule is CCN1CCN(Cc2cc(-c3ccc(Cl)cc3)no2)CC1. The molecule has 0 aliphatic carbocycles. The number of hydrogen-bond donors (Lipinski definition) is 0. The van der Waals surface area contributed by atoms with Gasteiger partial charge in [0.1, 0.15) is 5.69 Å². The van der Waals surface area contributed by atoms with Crippen LogP contribution in [-0.4, -0.2) is 47.7 Å². The molecule has 2 aromatic rings. The lowest BCUT2D eigenvalue weighted by Crippen LogP contribution is -2.45. The van der Waals surface area contributed by atoms with Gasteiger partial charge in [0, 0.05) is 42.8 Å². The normalized spacial score (nSPS) is 17.2. The van der Waals surface area contributed by atoms with E-state index in [-0.39, 0.29) is 0 Å². The second-order valence-electron chi connectivity index (χ2n) is 5.40. The monoisotopic (exact) mass is 305 g/mol. The topological polar surface area (TPSA) is 32.5 Å². The van der Waals surface area contributed by atoms with Crippen LogP contribution >= 0.6 is 11.6 Å². The molecule has 1 saturated heterocycles. The number of halogens is 1. The predicted octanol–water partition coefficient (Wildman–Crippen LogP) is 3.13. The highest BCUT2D eigenvalue weighted by molar-refractivity contribution is 6.30. The molecule has 1 aromatic heterocycles. The number of likely N-dealkylation sites (N-methyl/N-ethyl adjacent to an activating group) is 1. The molecule has 0 amide bonds. The quantitative estimate of drug-likeness (QED) is 0.869. The lowest BCUT2D eigenvalue weighted by Gasteiger charge is -2.33. The zero-order valence-electron chi connectivity index (χ0n) is 12.3. The summed E-state index contributed by atoms with van der Waals surface area (Å²) in [5.41, 5.74) is 1.90. The summed E-state index contributed by atoms with van der Waals surface area (Å²) in [5.74, 6) is 0.921. The molecule has 1 fully saturated rings. The van der Waals surface area contributed by atoms with Crippen molar-refractivity contribution in [3.63, 3.8) is 0 Å². The van der Waals surface area contributed by atoms with Gasteiger partial charge in [0.2, 0.25) is 0 Å². The molecule has 4 nitrogen and oxygen atoms in total. The Kier molecular flexibility index (Phi) is 4.58. The molecule has 0 bridgehead atoms. The fourth-order valence-electron chi connectivity index (χ4n) is 2.63. The third-order valence-corrected chi connectivity index (χ3v) is 4.24. The Labute approximate surface area is 130 Å². The summed E-state index contributed by atoms with van der Waals surface area (Å²) in [6, 6.07) is 9.69. The number of nitrogens with zero attached hydrogens (tertiary/aromatic N) is 3. The molecule has 2 heterocycles. The van der Waals surface area contributed by atoms with Crippen molar-refractivity contribution in [2.24, 2.45) is 0 Å². The van der Waals surface area contributed by atoms with Gasteiger partial charge in [-0.15, -0.1) is 0 Å². The first-order chi connectivity index (χ1) is 10.2. The van der Waals surface area contributed by atoms with Crippen LogP contribution in [0, 0.1) is 0 Å². The lowest BCUT2D eigenvalue weighted by molar-refractivity contribution is 0.122. The molecular formula is C16H20ClN3O. The van der Waals surface area contributed by atoms with Crippen molar-refractivity contribution in [3.05, 3.63) is 41.1 Å². The average molecular weight is 306 g/mol. The maximum absolute atomic E-state index is 5.90. The third kappa shape index (κ3) is 3.64. The van der Waals surface area contributed by atoms with Crippen molar-refractivity contribution in [1.29, 1.82) is 0 Å². The van der Waals surface area contributed by atoms with Crippen molar-refractivity contribution >= 4 is 11.6 Å². The summed E-state index contributed by atoms with van der Waals surface area (Å²) in [4.78, 5) is 4.88. The largest absolute Gasteiger partial charge is 0.359 e. The van der Waals surface area contributed by atoms with Gasteiger partial charge in [0.25, 0.3) is 0 Å². The van der Waals surface area contributed by atoms with E-state index in [1.807, 2.05) is 30.3 Å². The van der Waals surface area contributed by atoms with Gasteiger partial charge in [-0.05, 0) is 18.7 Å². The smallest absolute Gasteiger partial charge is 0.151 e. The van der Waals surface area contributed by atoms with Crippen LogP contribution in [0.25, 0.3) is 11.3 Å². The van der Waals surface area contributed by atoms with Crippen LogP contribution in [0.3, 0.4) is 0 Å². The summed E-state index contributed by atoms with van der Waals surface area (Å²) < 4.78 is 5.47. The Morgan fingerprint density at radius 3 is 2.43 bits per heavy atom. The Morgan fingerprint density at radius 1 is 1.10 bits per heavy atom. The van der Waals surface area contributed by atoms with Crippen LogP contribution in [0.4, 0.5) is 0 Å². The number of hydrogen-bond acceptors (Lipinski definition) is 4. The molecular weight excluding hydrogens is 286 g/mol. The first-order valence-electron chi connectivity index (χ1n) is 7.41. The zero-order chi connectivity index (χ0) is 14.7. The molecule has 0 N–H and O–H groups in total. The number of aromatic nitrogens is 1. The summed E-state index contributed by atoms with van der Waals surface area (Å²) in [6.45, 7) is 8.62. The molecule has 0 unspecified atom stereocenters. The van der Waals surface area contributed by atoms with E-state index in [4.69, 9.17) is 16.1 Å². The maximum atomic E-state index is 5.90. The fraction of sp³-hybridized carbons (Fsp3) is 0.438. The Bertz CT molecular complexity index is 573. The molecule has 0 radical (unpaired) electrons. The minimum absolute atomic E-state index is 0.733. The van der Waals surface area contributed by atoms with Gasteiger partial charge >= 0.3 is 0 Å². The molecule has 0 spiro atoms. The number of benzene rings is 1. The zero-order valence-corrected chi connectivity index (χ0v) is 13.0. The van der Waals surface area contributed by atoms with Gasteiger partial charge < -0.3 is 9.42 Å². The van der Waals surface area contributed by atoms with Gasteiger partial charge in [0.05, 0.1) is 6.54 Å². The molecule has 3 rings (SSSR count). The van der Waals surface area contributed by atoms with Gasteiger partial charge in [-0.1, -0.05) is 35.8 Å². The second-order valence-corrected chi connectivity index (χ2v) is 5.83. The number of piperazine rings is 1. The minimum Gasteiger partial charge on any atom is -0.359 e. The highest BCUT2D eigenvalue weighted by atomic mass is 35.5. The fourth-order valence-corrected chi connectivity index (χ4v) is 2.75. The molecule has 1 aromatic carbocycles.